The molecule has 0 saturated heterocycles. The van der Waals surface area contributed by atoms with Gasteiger partial charge in [0.05, 0.1) is 0 Å². The van der Waals surface area contributed by atoms with Crippen molar-refractivity contribution in [3.8, 4) is 0 Å². The molecule has 0 aliphatic heterocycles. The maximum atomic E-state index is 8.85. The van der Waals surface area contributed by atoms with E-state index < -0.39 is 0 Å². The third kappa shape index (κ3) is 1.58. The fraction of sp³-hybridized carbons (Fsp3) is 1.00. The van der Waals surface area contributed by atoms with Crippen LogP contribution in [0, 0.1) is 17.3 Å². The van der Waals surface area contributed by atoms with E-state index in [0.717, 1.165) is 18.3 Å². The molecule has 1 fully saturated rings. The Morgan fingerprint density at radius 1 is 1.36 bits per heavy atom. The van der Waals surface area contributed by atoms with E-state index in [9.17, 15) is 0 Å². The Kier molecular flexibility index (Phi) is 2.58. The van der Waals surface area contributed by atoms with E-state index in [2.05, 4.69) is 20.8 Å². The molecule has 0 aromatic carbocycles. The maximum absolute atomic E-state index is 8.85. The molecule has 0 amide bonds. The molecule has 0 bridgehead atoms. The minimum Gasteiger partial charge on any atom is -0.396 e. The molecule has 2 atom stereocenters. The van der Waals surface area contributed by atoms with E-state index >= 15 is 0 Å². The normalized spacial score (nSPS) is 36.0. The number of hydrogen-bond acceptors (Lipinski definition) is 1. The van der Waals surface area contributed by atoms with Gasteiger partial charge >= 0.3 is 0 Å². The first kappa shape index (κ1) is 9.05. The molecule has 0 aromatic rings. The standard InChI is InChI=1S/C10H20O/c1-8-4-5-9(6-7-11)10(8,2)3/h8-9,11H,4-7H2,1-3H3. The van der Waals surface area contributed by atoms with Crippen LogP contribution in [0.15, 0.2) is 0 Å². The summed E-state index contributed by atoms with van der Waals surface area (Å²) >= 11 is 0. The summed E-state index contributed by atoms with van der Waals surface area (Å²) in [5, 5.41) is 8.85. The minimum absolute atomic E-state index is 0.362. The van der Waals surface area contributed by atoms with Crippen molar-refractivity contribution in [3.63, 3.8) is 0 Å². The first-order chi connectivity index (χ1) is 5.09. The molecule has 0 radical (unpaired) electrons. The molecule has 1 rings (SSSR count). The summed E-state index contributed by atoms with van der Waals surface area (Å²) in [6, 6.07) is 0. The molecule has 1 N–H and O–H groups in total. The van der Waals surface area contributed by atoms with Crippen molar-refractivity contribution in [3.05, 3.63) is 0 Å². The Morgan fingerprint density at radius 2 is 2.00 bits per heavy atom. The summed E-state index contributed by atoms with van der Waals surface area (Å²) < 4.78 is 0. The predicted octanol–water partition coefficient (Wildman–Crippen LogP) is 2.44. The molecule has 0 aromatic heterocycles. The molecule has 1 aliphatic rings. The molecule has 11 heavy (non-hydrogen) atoms. The van der Waals surface area contributed by atoms with Gasteiger partial charge in [0.15, 0.2) is 0 Å². The van der Waals surface area contributed by atoms with Gasteiger partial charge in [0.1, 0.15) is 0 Å². The number of aliphatic hydroxyl groups is 1. The summed E-state index contributed by atoms with van der Waals surface area (Å²) in [5.74, 6) is 1.58. The summed E-state index contributed by atoms with van der Waals surface area (Å²) in [5.41, 5.74) is 0.461. The van der Waals surface area contributed by atoms with E-state index in [1.54, 1.807) is 0 Å². The first-order valence-electron chi connectivity index (χ1n) is 4.70. The highest BCUT2D eigenvalue weighted by Gasteiger charge is 2.39. The smallest absolute Gasteiger partial charge is 0.0433 e. The van der Waals surface area contributed by atoms with Crippen molar-refractivity contribution >= 4 is 0 Å². The molecule has 1 heteroatoms. The van der Waals surface area contributed by atoms with Gasteiger partial charge in [-0.05, 0) is 36.5 Å². The van der Waals surface area contributed by atoms with Gasteiger partial charge in [-0.2, -0.15) is 0 Å². The van der Waals surface area contributed by atoms with Crippen molar-refractivity contribution in [2.24, 2.45) is 17.3 Å². The van der Waals surface area contributed by atoms with Crippen LogP contribution in [0.1, 0.15) is 40.0 Å². The molecule has 1 saturated carbocycles. The molecule has 0 spiro atoms. The Bertz CT molecular complexity index is 127. The van der Waals surface area contributed by atoms with Crippen molar-refractivity contribution in [2.75, 3.05) is 6.61 Å². The van der Waals surface area contributed by atoms with Gasteiger partial charge in [-0.3, -0.25) is 0 Å². The van der Waals surface area contributed by atoms with Gasteiger partial charge in [0, 0.05) is 6.61 Å². The van der Waals surface area contributed by atoms with Crippen LogP contribution < -0.4 is 0 Å². The third-order valence-electron chi connectivity index (χ3n) is 3.75. The van der Waals surface area contributed by atoms with Crippen LogP contribution in [0.4, 0.5) is 0 Å². The topological polar surface area (TPSA) is 20.2 Å². The van der Waals surface area contributed by atoms with Crippen LogP contribution >= 0.6 is 0 Å². The van der Waals surface area contributed by atoms with Gasteiger partial charge in [-0.15, -0.1) is 0 Å². The lowest BCUT2D eigenvalue weighted by Crippen LogP contribution is -2.23. The molecule has 0 heterocycles. The van der Waals surface area contributed by atoms with Crippen molar-refractivity contribution in [1.82, 2.24) is 0 Å². The Hall–Kier alpha value is -0.0400. The van der Waals surface area contributed by atoms with Crippen molar-refractivity contribution in [1.29, 1.82) is 0 Å². The Labute approximate surface area is 69.8 Å². The highest BCUT2D eigenvalue weighted by molar-refractivity contribution is 4.89. The monoisotopic (exact) mass is 156 g/mol. The van der Waals surface area contributed by atoms with Crippen LogP contribution in [0.25, 0.3) is 0 Å². The average molecular weight is 156 g/mol. The summed E-state index contributed by atoms with van der Waals surface area (Å²) in [7, 11) is 0. The first-order valence-corrected chi connectivity index (χ1v) is 4.70. The lowest BCUT2D eigenvalue weighted by molar-refractivity contribution is 0.156. The summed E-state index contributed by atoms with van der Waals surface area (Å²) in [6.45, 7) is 7.37. The van der Waals surface area contributed by atoms with Crippen molar-refractivity contribution < 1.29 is 5.11 Å². The molecular formula is C10H20O. The fourth-order valence-corrected chi connectivity index (χ4v) is 2.27. The molecule has 1 aliphatic carbocycles. The molecular weight excluding hydrogens is 136 g/mol. The van der Waals surface area contributed by atoms with Gasteiger partial charge in [-0.1, -0.05) is 20.8 Å². The Balaban J connectivity index is 2.55. The molecule has 2 unspecified atom stereocenters. The van der Waals surface area contributed by atoms with Crippen LogP contribution in [-0.2, 0) is 0 Å². The van der Waals surface area contributed by atoms with E-state index in [1.165, 1.54) is 12.8 Å². The predicted molar refractivity (Wildman–Crippen MR) is 47.4 cm³/mol. The van der Waals surface area contributed by atoms with Crippen LogP contribution in [0.5, 0.6) is 0 Å². The van der Waals surface area contributed by atoms with E-state index in [4.69, 9.17) is 5.11 Å². The summed E-state index contributed by atoms with van der Waals surface area (Å²) in [6.07, 6.45) is 3.66. The van der Waals surface area contributed by atoms with E-state index in [1.807, 2.05) is 0 Å². The molecule has 66 valence electrons. The van der Waals surface area contributed by atoms with E-state index in [-0.39, 0.29) is 0 Å². The van der Waals surface area contributed by atoms with Gasteiger partial charge in [0.25, 0.3) is 0 Å². The lowest BCUT2D eigenvalue weighted by Gasteiger charge is -2.30. The fourth-order valence-electron chi connectivity index (χ4n) is 2.27. The Morgan fingerprint density at radius 3 is 2.36 bits per heavy atom. The maximum Gasteiger partial charge on any atom is 0.0433 e. The van der Waals surface area contributed by atoms with Crippen LogP contribution in [0.3, 0.4) is 0 Å². The zero-order chi connectivity index (χ0) is 8.48. The lowest BCUT2D eigenvalue weighted by atomic mass is 9.75. The highest BCUT2D eigenvalue weighted by atomic mass is 16.3. The second kappa shape index (κ2) is 3.14. The zero-order valence-corrected chi connectivity index (χ0v) is 7.93. The minimum atomic E-state index is 0.362. The second-order valence-electron chi connectivity index (χ2n) is 4.51. The quantitative estimate of drug-likeness (QED) is 0.651. The van der Waals surface area contributed by atoms with Crippen LogP contribution in [0.2, 0.25) is 0 Å². The molecule has 1 nitrogen and oxygen atoms in total. The number of hydrogen-bond donors (Lipinski definition) is 1. The van der Waals surface area contributed by atoms with Gasteiger partial charge in [0.2, 0.25) is 0 Å². The van der Waals surface area contributed by atoms with Gasteiger partial charge in [-0.25, -0.2) is 0 Å². The van der Waals surface area contributed by atoms with Crippen molar-refractivity contribution in [2.45, 2.75) is 40.0 Å². The zero-order valence-electron chi connectivity index (χ0n) is 7.93. The largest absolute Gasteiger partial charge is 0.396 e. The number of rotatable bonds is 2. The van der Waals surface area contributed by atoms with Gasteiger partial charge < -0.3 is 5.11 Å². The number of aliphatic hydroxyl groups excluding tert-OH is 1. The average Bonchev–Trinajstić information content (AvgIpc) is 2.16. The highest BCUT2D eigenvalue weighted by Crippen LogP contribution is 2.48. The summed E-state index contributed by atoms with van der Waals surface area (Å²) in [4.78, 5) is 0. The van der Waals surface area contributed by atoms with E-state index in [0.29, 0.717) is 12.0 Å². The van der Waals surface area contributed by atoms with Crippen LogP contribution in [-0.4, -0.2) is 11.7 Å². The second-order valence-corrected chi connectivity index (χ2v) is 4.51. The SMILES string of the molecule is CC1CCC(CCO)C1(C)C. The third-order valence-corrected chi connectivity index (χ3v) is 3.75.